The monoisotopic (exact) mass is 240 g/mol. The number of hydrogen-bond donors (Lipinski definition) is 1. The Balaban J connectivity index is -0.000000242. The van der Waals surface area contributed by atoms with Gasteiger partial charge >= 0.3 is 29.6 Å². The van der Waals surface area contributed by atoms with Crippen LogP contribution in [0.3, 0.4) is 0 Å². The number of aliphatic carboxylic acids is 1. The smallest absolute Gasteiger partial charge is 0.550 e. The van der Waals surface area contributed by atoms with Gasteiger partial charge in [-0.2, -0.15) is 0 Å². The van der Waals surface area contributed by atoms with E-state index in [9.17, 15) is 9.90 Å². The second-order valence-electron chi connectivity index (χ2n) is 3.64. The second kappa shape index (κ2) is 17.8. The van der Waals surface area contributed by atoms with Gasteiger partial charge in [0.05, 0.1) is 0 Å². The molecule has 0 amide bonds. The molecular weight excluding hydrogens is 215 g/mol. The summed E-state index contributed by atoms with van der Waals surface area (Å²) >= 11 is 0. The Kier molecular flexibility index (Phi) is 24.1. The molecule has 0 aromatic carbocycles. The number of carbonyl (C=O) groups is 1. The summed E-state index contributed by atoms with van der Waals surface area (Å²) in [6, 6.07) is 0. The summed E-state index contributed by atoms with van der Waals surface area (Å²) in [6.45, 7) is 6.34. The van der Waals surface area contributed by atoms with Gasteiger partial charge in [-0.15, -0.1) is 0 Å². The van der Waals surface area contributed by atoms with Crippen molar-refractivity contribution in [1.29, 1.82) is 0 Å². The largest absolute Gasteiger partial charge is 1.00 e. The first-order chi connectivity index (χ1) is 7.13. The predicted molar refractivity (Wildman–Crippen MR) is 60.3 cm³/mol. The molecule has 0 bridgehead atoms. The van der Waals surface area contributed by atoms with Crippen molar-refractivity contribution in [3.05, 3.63) is 0 Å². The van der Waals surface area contributed by atoms with Crippen molar-refractivity contribution in [1.82, 2.24) is 0 Å². The van der Waals surface area contributed by atoms with Gasteiger partial charge in [0.2, 0.25) is 0 Å². The Bertz CT molecular complexity index is 138. The fourth-order valence-electron chi connectivity index (χ4n) is 1.10. The molecule has 0 rings (SSSR count). The van der Waals surface area contributed by atoms with E-state index >= 15 is 0 Å². The molecule has 0 aliphatic heterocycles. The van der Waals surface area contributed by atoms with Crippen LogP contribution < -0.4 is 34.7 Å². The van der Waals surface area contributed by atoms with Gasteiger partial charge in [-0.1, -0.05) is 40.0 Å². The standard InChI is InChI=1S/C8H16O2.C4H10O.Na/c1-3-5-6-7(4-2)8(9)10;1-2-3-4-5;/h7H,3-6H2,1-2H3,(H,9,10);5H,2-4H2,1H3;/q;;+1/p-1. The van der Waals surface area contributed by atoms with E-state index in [4.69, 9.17) is 5.11 Å². The van der Waals surface area contributed by atoms with Gasteiger partial charge in [-0.3, -0.25) is 0 Å². The van der Waals surface area contributed by atoms with Crippen LogP contribution in [-0.4, -0.2) is 17.7 Å². The van der Waals surface area contributed by atoms with Crippen LogP contribution in [0.15, 0.2) is 0 Å². The fraction of sp³-hybridized carbons (Fsp3) is 0.917. The normalized spacial score (nSPS) is 10.8. The third-order valence-electron chi connectivity index (χ3n) is 2.24. The summed E-state index contributed by atoms with van der Waals surface area (Å²) in [4.78, 5) is 10.3. The molecule has 4 heteroatoms. The molecule has 3 nitrogen and oxygen atoms in total. The predicted octanol–water partition coefficient (Wildman–Crippen LogP) is -1.26. The second-order valence-corrected chi connectivity index (χ2v) is 3.64. The van der Waals surface area contributed by atoms with E-state index in [0.717, 1.165) is 32.1 Å². The van der Waals surface area contributed by atoms with Gasteiger partial charge in [0, 0.05) is 12.6 Å². The summed E-state index contributed by atoms with van der Waals surface area (Å²) in [5.41, 5.74) is 0. The number of unbranched alkanes of at least 4 members (excludes halogenated alkanes) is 2. The van der Waals surface area contributed by atoms with Crippen molar-refractivity contribution < 1.29 is 44.6 Å². The Hall–Kier alpha value is 0.430. The molecule has 0 aliphatic rings. The first kappa shape index (κ1) is 21.7. The van der Waals surface area contributed by atoms with E-state index in [1.807, 2.05) is 6.92 Å². The number of aliphatic hydroxyl groups excluding tert-OH is 1. The number of carboxylic acids is 1. The van der Waals surface area contributed by atoms with E-state index in [1.54, 1.807) is 0 Å². The molecule has 0 heterocycles. The molecule has 1 N–H and O–H groups in total. The van der Waals surface area contributed by atoms with Gasteiger partial charge < -0.3 is 15.0 Å². The van der Waals surface area contributed by atoms with Gasteiger partial charge in [-0.25, -0.2) is 0 Å². The van der Waals surface area contributed by atoms with Crippen molar-refractivity contribution in [2.75, 3.05) is 6.61 Å². The maximum Gasteiger partial charge on any atom is 1.00 e. The van der Waals surface area contributed by atoms with Crippen LogP contribution in [-0.2, 0) is 4.79 Å². The molecule has 0 fully saturated rings. The Morgan fingerprint density at radius 2 is 1.69 bits per heavy atom. The van der Waals surface area contributed by atoms with Crippen molar-refractivity contribution in [3.63, 3.8) is 0 Å². The molecule has 0 aliphatic carbocycles. The Labute approximate surface area is 122 Å². The van der Waals surface area contributed by atoms with Crippen molar-refractivity contribution >= 4 is 5.97 Å². The zero-order chi connectivity index (χ0) is 12.1. The van der Waals surface area contributed by atoms with Crippen molar-refractivity contribution in [2.45, 2.75) is 59.3 Å². The Morgan fingerprint density at radius 3 is 1.88 bits per heavy atom. The summed E-state index contributed by atoms with van der Waals surface area (Å²) < 4.78 is 0. The van der Waals surface area contributed by atoms with E-state index in [1.165, 1.54) is 0 Å². The number of carbonyl (C=O) groups excluding carboxylic acids is 1. The minimum atomic E-state index is -0.893. The van der Waals surface area contributed by atoms with Crippen LogP contribution in [0, 0.1) is 5.92 Å². The first-order valence-corrected chi connectivity index (χ1v) is 5.95. The third kappa shape index (κ3) is 16.8. The number of aliphatic hydroxyl groups is 1. The molecule has 0 saturated carbocycles. The summed E-state index contributed by atoms with van der Waals surface area (Å²) in [7, 11) is 0. The average molecular weight is 240 g/mol. The van der Waals surface area contributed by atoms with E-state index in [2.05, 4.69) is 13.8 Å². The summed E-state index contributed by atoms with van der Waals surface area (Å²) in [5, 5.41) is 18.4. The first-order valence-electron chi connectivity index (χ1n) is 5.95. The molecule has 0 spiro atoms. The fourth-order valence-corrected chi connectivity index (χ4v) is 1.10. The number of carboxylic acid groups (broad SMARTS) is 1. The van der Waals surface area contributed by atoms with Crippen LogP contribution in [0.5, 0.6) is 0 Å². The molecule has 0 radical (unpaired) electrons. The molecule has 92 valence electrons. The zero-order valence-electron chi connectivity index (χ0n) is 11.3. The van der Waals surface area contributed by atoms with Crippen molar-refractivity contribution in [3.8, 4) is 0 Å². The molecular formula is C12H25NaO3. The van der Waals surface area contributed by atoms with Crippen LogP contribution in [0.25, 0.3) is 0 Å². The van der Waals surface area contributed by atoms with Gasteiger partial charge in [0.25, 0.3) is 0 Å². The van der Waals surface area contributed by atoms with E-state index < -0.39 is 5.97 Å². The molecule has 1 atom stereocenters. The van der Waals surface area contributed by atoms with Crippen LogP contribution in [0.2, 0.25) is 0 Å². The van der Waals surface area contributed by atoms with Gasteiger partial charge in [0.15, 0.2) is 0 Å². The minimum Gasteiger partial charge on any atom is -0.550 e. The molecule has 1 unspecified atom stereocenters. The topological polar surface area (TPSA) is 60.4 Å². The van der Waals surface area contributed by atoms with Crippen LogP contribution in [0.4, 0.5) is 0 Å². The molecule has 0 aromatic heterocycles. The Morgan fingerprint density at radius 1 is 1.19 bits per heavy atom. The minimum absolute atomic E-state index is 0. The molecule has 16 heavy (non-hydrogen) atoms. The maximum atomic E-state index is 10.3. The number of hydrogen-bond acceptors (Lipinski definition) is 3. The maximum absolute atomic E-state index is 10.3. The molecule has 0 saturated heterocycles. The summed E-state index contributed by atoms with van der Waals surface area (Å²) in [5.74, 6) is -1.11. The van der Waals surface area contributed by atoms with Gasteiger partial charge in [-0.05, 0) is 25.2 Å². The van der Waals surface area contributed by atoms with Crippen molar-refractivity contribution in [2.24, 2.45) is 5.92 Å². The zero-order valence-corrected chi connectivity index (χ0v) is 13.3. The summed E-state index contributed by atoms with van der Waals surface area (Å²) in [6.07, 6.45) is 5.56. The van der Waals surface area contributed by atoms with Crippen LogP contribution >= 0.6 is 0 Å². The van der Waals surface area contributed by atoms with Gasteiger partial charge in [0.1, 0.15) is 0 Å². The number of rotatable bonds is 7. The quantitative estimate of drug-likeness (QED) is 0.565. The molecule has 0 aromatic rings. The van der Waals surface area contributed by atoms with E-state index in [0.29, 0.717) is 13.0 Å². The third-order valence-corrected chi connectivity index (χ3v) is 2.24. The van der Waals surface area contributed by atoms with Crippen LogP contribution in [0.1, 0.15) is 59.3 Å². The average Bonchev–Trinajstić information content (AvgIpc) is 2.20. The van der Waals surface area contributed by atoms with E-state index in [-0.39, 0.29) is 35.5 Å². The SMILES string of the molecule is CCCCC(CC)C(=O)[O-].CCCCO.[Na+].